The predicted molar refractivity (Wildman–Crippen MR) is 93.8 cm³/mol. The Morgan fingerprint density at radius 2 is 1.71 bits per heavy atom. The fourth-order valence-corrected chi connectivity index (χ4v) is 3.14. The lowest BCUT2D eigenvalue weighted by molar-refractivity contribution is -0.116. The molecule has 1 aliphatic heterocycles. The molecule has 0 aliphatic carbocycles. The molecule has 118 valence electrons. The SMILES string of the molecule is O=C(CN1Cc2ccccc2C1=O)Nc1cccc2ccccc12. The molecule has 1 N–H and O–H groups in total. The number of carbonyl (C=O) groups is 2. The molecule has 4 heteroatoms. The lowest BCUT2D eigenvalue weighted by Gasteiger charge is -2.16. The van der Waals surface area contributed by atoms with Gasteiger partial charge in [-0.1, -0.05) is 54.6 Å². The number of anilines is 1. The van der Waals surface area contributed by atoms with Crippen LogP contribution in [0, 0.1) is 0 Å². The molecule has 0 bridgehead atoms. The zero-order valence-electron chi connectivity index (χ0n) is 13.0. The number of carbonyl (C=O) groups excluding carboxylic acids is 2. The highest BCUT2D eigenvalue weighted by atomic mass is 16.2. The summed E-state index contributed by atoms with van der Waals surface area (Å²) in [6.07, 6.45) is 0. The molecule has 0 saturated heterocycles. The quantitative estimate of drug-likeness (QED) is 0.805. The van der Waals surface area contributed by atoms with Crippen molar-refractivity contribution in [2.24, 2.45) is 0 Å². The van der Waals surface area contributed by atoms with Crippen LogP contribution in [0.2, 0.25) is 0 Å². The van der Waals surface area contributed by atoms with Crippen LogP contribution >= 0.6 is 0 Å². The van der Waals surface area contributed by atoms with E-state index in [-0.39, 0.29) is 18.4 Å². The third kappa shape index (κ3) is 2.52. The first-order valence-electron chi connectivity index (χ1n) is 7.87. The molecule has 1 heterocycles. The van der Waals surface area contributed by atoms with E-state index in [0.29, 0.717) is 12.1 Å². The molecular weight excluding hydrogens is 300 g/mol. The van der Waals surface area contributed by atoms with Crippen molar-refractivity contribution >= 4 is 28.3 Å². The van der Waals surface area contributed by atoms with Gasteiger partial charge in [-0.3, -0.25) is 9.59 Å². The second kappa shape index (κ2) is 5.81. The minimum absolute atomic E-state index is 0.0523. The van der Waals surface area contributed by atoms with Crippen LogP contribution in [0.5, 0.6) is 0 Å². The van der Waals surface area contributed by atoms with Gasteiger partial charge in [-0.25, -0.2) is 0 Å². The Balaban J connectivity index is 1.51. The third-order valence-corrected chi connectivity index (χ3v) is 4.29. The van der Waals surface area contributed by atoms with Crippen LogP contribution in [0.4, 0.5) is 5.69 Å². The molecule has 2 amide bonds. The van der Waals surface area contributed by atoms with Crippen LogP contribution < -0.4 is 5.32 Å². The predicted octanol–water partition coefficient (Wildman–Crippen LogP) is 3.43. The van der Waals surface area contributed by atoms with Crippen LogP contribution in [0.3, 0.4) is 0 Å². The van der Waals surface area contributed by atoms with Crippen LogP contribution in [-0.4, -0.2) is 23.3 Å². The molecule has 1 aliphatic rings. The van der Waals surface area contributed by atoms with E-state index in [1.807, 2.05) is 60.7 Å². The minimum Gasteiger partial charge on any atom is -0.325 e. The van der Waals surface area contributed by atoms with E-state index in [0.717, 1.165) is 22.0 Å². The summed E-state index contributed by atoms with van der Waals surface area (Å²) in [7, 11) is 0. The summed E-state index contributed by atoms with van der Waals surface area (Å²) in [6, 6.07) is 21.2. The van der Waals surface area contributed by atoms with Gasteiger partial charge in [-0.2, -0.15) is 0 Å². The van der Waals surface area contributed by atoms with Crippen molar-refractivity contribution in [3.63, 3.8) is 0 Å². The molecule has 4 rings (SSSR count). The van der Waals surface area contributed by atoms with Gasteiger partial charge in [0, 0.05) is 23.2 Å². The lowest BCUT2D eigenvalue weighted by atomic mass is 10.1. The average molecular weight is 316 g/mol. The zero-order chi connectivity index (χ0) is 16.5. The first-order valence-corrected chi connectivity index (χ1v) is 7.87. The molecule has 0 aromatic heterocycles. The Kier molecular flexibility index (Phi) is 3.50. The molecule has 3 aromatic carbocycles. The topological polar surface area (TPSA) is 49.4 Å². The van der Waals surface area contributed by atoms with E-state index >= 15 is 0 Å². The van der Waals surface area contributed by atoms with Crippen molar-refractivity contribution in [2.75, 3.05) is 11.9 Å². The summed E-state index contributed by atoms with van der Waals surface area (Å²) in [4.78, 5) is 26.3. The van der Waals surface area contributed by atoms with Crippen LogP contribution in [0.15, 0.2) is 66.7 Å². The maximum absolute atomic E-state index is 12.4. The summed E-state index contributed by atoms with van der Waals surface area (Å²) in [5.41, 5.74) is 2.43. The number of amides is 2. The third-order valence-electron chi connectivity index (χ3n) is 4.29. The smallest absolute Gasteiger partial charge is 0.254 e. The van der Waals surface area contributed by atoms with Crippen molar-refractivity contribution in [1.82, 2.24) is 4.90 Å². The van der Waals surface area contributed by atoms with Crippen LogP contribution in [-0.2, 0) is 11.3 Å². The van der Waals surface area contributed by atoms with Crippen molar-refractivity contribution in [3.8, 4) is 0 Å². The molecule has 0 saturated carbocycles. The molecule has 0 fully saturated rings. The number of nitrogens with one attached hydrogen (secondary N) is 1. The summed E-state index contributed by atoms with van der Waals surface area (Å²) in [5.74, 6) is -0.272. The molecule has 24 heavy (non-hydrogen) atoms. The van der Waals surface area contributed by atoms with E-state index in [1.165, 1.54) is 0 Å². The Morgan fingerprint density at radius 1 is 0.958 bits per heavy atom. The van der Waals surface area contributed by atoms with Gasteiger partial charge in [0.15, 0.2) is 0 Å². The number of nitrogens with zero attached hydrogens (tertiary/aromatic N) is 1. The van der Waals surface area contributed by atoms with E-state index in [4.69, 9.17) is 0 Å². The number of hydrogen-bond acceptors (Lipinski definition) is 2. The summed E-state index contributed by atoms with van der Waals surface area (Å²) in [5, 5.41) is 4.99. The van der Waals surface area contributed by atoms with Gasteiger partial charge >= 0.3 is 0 Å². The van der Waals surface area contributed by atoms with Gasteiger partial charge < -0.3 is 10.2 Å². The monoisotopic (exact) mass is 316 g/mol. The van der Waals surface area contributed by atoms with Crippen molar-refractivity contribution in [1.29, 1.82) is 0 Å². The number of hydrogen-bond donors (Lipinski definition) is 1. The summed E-state index contributed by atoms with van der Waals surface area (Å²) < 4.78 is 0. The zero-order valence-corrected chi connectivity index (χ0v) is 13.0. The largest absolute Gasteiger partial charge is 0.325 e. The van der Waals surface area contributed by atoms with E-state index in [2.05, 4.69) is 5.32 Å². The van der Waals surface area contributed by atoms with Crippen molar-refractivity contribution in [3.05, 3.63) is 77.9 Å². The van der Waals surface area contributed by atoms with Crippen LogP contribution in [0.25, 0.3) is 10.8 Å². The summed E-state index contributed by atoms with van der Waals surface area (Å²) >= 11 is 0. The van der Waals surface area contributed by atoms with E-state index < -0.39 is 0 Å². The second-order valence-corrected chi connectivity index (χ2v) is 5.89. The Labute approximate surface area is 139 Å². The lowest BCUT2D eigenvalue weighted by Crippen LogP contribution is -2.33. The number of rotatable bonds is 3. The highest BCUT2D eigenvalue weighted by Crippen LogP contribution is 2.24. The normalized spacial score (nSPS) is 13.2. The molecule has 0 atom stereocenters. The minimum atomic E-state index is -0.187. The van der Waals surface area contributed by atoms with Gasteiger partial charge in [0.05, 0.1) is 0 Å². The van der Waals surface area contributed by atoms with Gasteiger partial charge in [0.1, 0.15) is 6.54 Å². The standard InChI is InChI=1S/C20H16N2O2/c23-19(13-22-12-15-7-2-4-10-17(15)20(22)24)21-18-11-5-8-14-6-1-3-9-16(14)18/h1-11H,12-13H2,(H,21,23). The van der Waals surface area contributed by atoms with E-state index in [9.17, 15) is 9.59 Å². The van der Waals surface area contributed by atoms with Crippen molar-refractivity contribution in [2.45, 2.75) is 6.54 Å². The Bertz CT molecular complexity index is 944. The first-order chi connectivity index (χ1) is 11.7. The van der Waals surface area contributed by atoms with Gasteiger partial charge in [-0.15, -0.1) is 0 Å². The highest BCUT2D eigenvalue weighted by molar-refractivity contribution is 6.05. The fraction of sp³-hybridized carbons (Fsp3) is 0.100. The number of benzene rings is 3. The second-order valence-electron chi connectivity index (χ2n) is 5.89. The van der Waals surface area contributed by atoms with E-state index in [1.54, 1.807) is 11.0 Å². The molecule has 0 radical (unpaired) electrons. The average Bonchev–Trinajstić information content (AvgIpc) is 2.91. The molecule has 4 nitrogen and oxygen atoms in total. The van der Waals surface area contributed by atoms with Gasteiger partial charge in [0.2, 0.25) is 5.91 Å². The molecule has 0 unspecified atom stereocenters. The highest BCUT2D eigenvalue weighted by Gasteiger charge is 2.28. The Hall–Kier alpha value is -3.14. The fourth-order valence-electron chi connectivity index (χ4n) is 3.14. The summed E-state index contributed by atoms with van der Waals surface area (Å²) in [6.45, 7) is 0.536. The first kappa shape index (κ1) is 14.5. The van der Waals surface area contributed by atoms with Gasteiger partial charge in [-0.05, 0) is 23.1 Å². The molecular formula is C20H16N2O2. The molecule has 3 aromatic rings. The van der Waals surface area contributed by atoms with Gasteiger partial charge in [0.25, 0.3) is 5.91 Å². The van der Waals surface area contributed by atoms with Crippen molar-refractivity contribution < 1.29 is 9.59 Å². The molecule has 0 spiro atoms. The Morgan fingerprint density at radius 3 is 2.58 bits per heavy atom. The maximum Gasteiger partial charge on any atom is 0.254 e. The maximum atomic E-state index is 12.4. The number of fused-ring (bicyclic) bond motifs is 2. The van der Waals surface area contributed by atoms with Crippen LogP contribution in [0.1, 0.15) is 15.9 Å².